The molecule has 1 heterocycles. The maximum atomic E-state index is 11.2. The Kier molecular flexibility index (Phi) is 3.35. The predicted molar refractivity (Wildman–Crippen MR) is 47.1 cm³/mol. The molecule has 0 aromatic carbocycles. The minimum absolute atomic E-state index is 0.0600. The molecular weight excluding hydrogens is 154 g/mol. The SMILES string of the molecule is CNCCNC(=O)c1ccc[nH]1. The Balaban J connectivity index is 2.30. The maximum absolute atomic E-state index is 11.2. The van der Waals surface area contributed by atoms with Gasteiger partial charge < -0.3 is 15.6 Å². The average Bonchev–Trinajstić information content (AvgIpc) is 2.56. The Hall–Kier alpha value is -1.29. The zero-order valence-corrected chi connectivity index (χ0v) is 7.05. The lowest BCUT2D eigenvalue weighted by molar-refractivity contribution is 0.0950. The van der Waals surface area contributed by atoms with Gasteiger partial charge in [-0.2, -0.15) is 0 Å². The van der Waals surface area contributed by atoms with Gasteiger partial charge in [0.2, 0.25) is 0 Å². The summed E-state index contributed by atoms with van der Waals surface area (Å²) in [5.74, 6) is -0.0600. The summed E-state index contributed by atoms with van der Waals surface area (Å²) >= 11 is 0. The monoisotopic (exact) mass is 167 g/mol. The molecular formula is C8H13N3O. The van der Waals surface area contributed by atoms with Crippen LogP contribution in [-0.4, -0.2) is 31.0 Å². The number of carbonyl (C=O) groups excluding carboxylic acids is 1. The van der Waals surface area contributed by atoms with Crippen molar-refractivity contribution in [3.63, 3.8) is 0 Å². The molecule has 0 atom stereocenters. The third-order valence-electron chi connectivity index (χ3n) is 1.50. The van der Waals surface area contributed by atoms with E-state index in [2.05, 4.69) is 15.6 Å². The van der Waals surface area contributed by atoms with Crippen molar-refractivity contribution in [2.24, 2.45) is 0 Å². The number of rotatable bonds is 4. The van der Waals surface area contributed by atoms with Gasteiger partial charge in [-0.15, -0.1) is 0 Å². The molecule has 0 bridgehead atoms. The second kappa shape index (κ2) is 4.56. The number of amides is 1. The van der Waals surface area contributed by atoms with Crippen LogP contribution in [-0.2, 0) is 0 Å². The topological polar surface area (TPSA) is 56.9 Å². The molecule has 1 rings (SSSR count). The molecule has 4 nitrogen and oxygen atoms in total. The van der Waals surface area contributed by atoms with E-state index in [0.717, 1.165) is 6.54 Å². The van der Waals surface area contributed by atoms with Crippen molar-refractivity contribution >= 4 is 5.91 Å². The second-order valence-corrected chi connectivity index (χ2v) is 2.44. The molecule has 3 N–H and O–H groups in total. The molecule has 0 radical (unpaired) electrons. The van der Waals surface area contributed by atoms with Gasteiger partial charge in [-0.3, -0.25) is 4.79 Å². The largest absolute Gasteiger partial charge is 0.357 e. The summed E-state index contributed by atoms with van der Waals surface area (Å²) in [6, 6.07) is 3.54. The highest BCUT2D eigenvalue weighted by Crippen LogP contribution is 1.92. The summed E-state index contributed by atoms with van der Waals surface area (Å²) in [4.78, 5) is 14.0. The molecule has 0 aliphatic heterocycles. The standard InChI is InChI=1S/C8H13N3O/c1-9-5-6-11-8(12)7-3-2-4-10-7/h2-4,9-10H,5-6H2,1H3,(H,11,12). The molecule has 0 saturated heterocycles. The third kappa shape index (κ3) is 2.39. The molecule has 12 heavy (non-hydrogen) atoms. The molecule has 0 saturated carbocycles. The summed E-state index contributed by atoms with van der Waals surface area (Å²) in [5, 5.41) is 5.70. The first kappa shape index (κ1) is 8.80. The summed E-state index contributed by atoms with van der Waals surface area (Å²) in [6.45, 7) is 1.43. The van der Waals surface area contributed by atoms with Crippen LogP contribution in [0.1, 0.15) is 10.5 Å². The zero-order valence-electron chi connectivity index (χ0n) is 7.05. The first-order chi connectivity index (χ1) is 5.84. The van der Waals surface area contributed by atoms with Crippen LogP contribution >= 0.6 is 0 Å². The maximum Gasteiger partial charge on any atom is 0.267 e. The van der Waals surface area contributed by atoms with Crippen LogP contribution < -0.4 is 10.6 Å². The number of aromatic nitrogens is 1. The Morgan fingerprint density at radius 2 is 2.42 bits per heavy atom. The fourth-order valence-electron chi connectivity index (χ4n) is 0.868. The predicted octanol–water partition coefficient (Wildman–Crippen LogP) is -0.0361. The van der Waals surface area contributed by atoms with E-state index in [4.69, 9.17) is 0 Å². The highest BCUT2D eigenvalue weighted by atomic mass is 16.1. The highest BCUT2D eigenvalue weighted by molar-refractivity contribution is 5.92. The summed E-state index contributed by atoms with van der Waals surface area (Å²) < 4.78 is 0. The molecule has 0 unspecified atom stereocenters. The van der Waals surface area contributed by atoms with Crippen LogP contribution in [0.2, 0.25) is 0 Å². The van der Waals surface area contributed by atoms with E-state index in [0.29, 0.717) is 12.2 Å². The number of aromatic amines is 1. The van der Waals surface area contributed by atoms with Crippen LogP contribution in [0.4, 0.5) is 0 Å². The molecule has 1 aromatic rings. The Morgan fingerprint density at radius 3 is 3.00 bits per heavy atom. The quantitative estimate of drug-likeness (QED) is 0.551. The first-order valence-corrected chi connectivity index (χ1v) is 3.91. The number of hydrogen-bond donors (Lipinski definition) is 3. The van der Waals surface area contributed by atoms with Crippen molar-refractivity contribution in [1.82, 2.24) is 15.6 Å². The van der Waals surface area contributed by atoms with E-state index in [9.17, 15) is 4.79 Å². The molecule has 0 fully saturated rings. The molecule has 4 heteroatoms. The van der Waals surface area contributed by atoms with Gasteiger partial charge >= 0.3 is 0 Å². The fraction of sp³-hybridized carbons (Fsp3) is 0.375. The first-order valence-electron chi connectivity index (χ1n) is 3.91. The van der Waals surface area contributed by atoms with E-state index < -0.39 is 0 Å². The Labute approximate surface area is 71.4 Å². The lowest BCUT2D eigenvalue weighted by atomic mass is 10.4. The van der Waals surface area contributed by atoms with Crippen molar-refractivity contribution in [3.8, 4) is 0 Å². The van der Waals surface area contributed by atoms with Gasteiger partial charge in [0.05, 0.1) is 0 Å². The normalized spacial score (nSPS) is 9.75. The molecule has 1 aromatic heterocycles. The average molecular weight is 167 g/mol. The van der Waals surface area contributed by atoms with Crippen molar-refractivity contribution in [2.75, 3.05) is 20.1 Å². The summed E-state index contributed by atoms with van der Waals surface area (Å²) in [5.41, 5.74) is 0.603. The lowest BCUT2D eigenvalue weighted by Crippen LogP contribution is -2.30. The minimum atomic E-state index is -0.0600. The van der Waals surface area contributed by atoms with E-state index in [1.807, 2.05) is 7.05 Å². The molecule has 0 aliphatic rings. The number of likely N-dealkylation sites (N-methyl/N-ethyl adjacent to an activating group) is 1. The van der Waals surface area contributed by atoms with Gasteiger partial charge in [-0.1, -0.05) is 0 Å². The number of carbonyl (C=O) groups is 1. The van der Waals surface area contributed by atoms with Crippen LogP contribution in [0, 0.1) is 0 Å². The number of nitrogens with one attached hydrogen (secondary N) is 3. The van der Waals surface area contributed by atoms with Gasteiger partial charge in [-0.25, -0.2) is 0 Å². The number of H-pyrrole nitrogens is 1. The van der Waals surface area contributed by atoms with Crippen LogP contribution in [0.25, 0.3) is 0 Å². The molecule has 0 aliphatic carbocycles. The Morgan fingerprint density at radius 1 is 1.58 bits per heavy atom. The number of hydrogen-bond acceptors (Lipinski definition) is 2. The molecule has 0 spiro atoms. The molecule has 1 amide bonds. The van der Waals surface area contributed by atoms with Crippen LogP contribution in [0.5, 0.6) is 0 Å². The smallest absolute Gasteiger partial charge is 0.267 e. The molecule has 66 valence electrons. The van der Waals surface area contributed by atoms with Crippen molar-refractivity contribution < 1.29 is 4.79 Å². The summed E-state index contributed by atoms with van der Waals surface area (Å²) in [6.07, 6.45) is 1.73. The van der Waals surface area contributed by atoms with Crippen molar-refractivity contribution in [1.29, 1.82) is 0 Å². The van der Waals surface area contributed by atoms with Gasteiger partial charge in [0.25, 0.3) is 5.91 Å². The van der Waals surface area contributed by atoms with E-state index >= 15 is 0 Å². The zero-order chi connectivity index (χ0) is 8.81. The van der Waals surface area contributed by atoms with Crippen LogP contribution in [0.15, 0.2) is 18.3 Å². The Bertz CT molecular complexity index is 230. The highest BCUT2D eigenvalue weighted by Gasteiger charge is 2.02. The van der Waals surface area contributed by atoms with Crippen LogP contribution in [0.3, 0.4) is 0 Å². The van der Waals surface area contributed by atoms with Crippen molar-refractivity contribution in [3.05, 3.63) is 24.0 Å². The van der Waals surface area contributed by atoms with Gasteiger partial charge in [0, 0.05) is 19.3 Å². The second-order valence-electron chi connectivity index (χ2n) is 2.44. The third-order valence-corrected chi connectivity index (χ3v) is 1.50. The van der Waals surface area contributed by atoms with E-state index in [1.165, 1.54) is 0 Å². The van der Waals surface area contributed by atoms with Gasteiger partial charge in [-0.05, 0) is 19.2 Å². The fourth-order valence-corrected chi connectivity index (χ4v) is 0.868. The van der Waals surface area contributed by atoms with E-state index in [1.54, 1.807) is 18.3 Å². The minimum Gasteiger partial charge on any atom is -0.357 e. The summed E-state index contributed by atoms with van der Waals surface area (Å²) in [7, 11) is 1.85. The van der Waals surface area contributed by atoms with Crippen molar-refractivity contribution in [2.45, 2.75) is 0 Å². The van der Waals surface area contributed by atoms with Gasteiger partial charge in [0.15, 0.2) is 0 Å². The van der Waals surface area contributed by atoms with Gasteiger partial charge in [0.1, 0.15) is 5.69 Å². The van der Waals surface area contributed by atoms with E-state index in [-0.39, 0.29) is 5.91 Å². The lowest BCUT2D eigenvalue weighted by Gasteiger charge is -2.01.